The number of hydrogen-bond acceptors (Lipinski definition) is 6. The van der Waals surface area contributed by atoms with Gasteiger partial charge >= 0.3 is 0 Å². The van der Waals surface area contributed by atoms with Gasteiger partial charge < -0.3 is 10.2 Å². The molecule has 0 saturated carbocycles. The van der Waals surface area contributed by atoms with Crippen LogP contribution in [0.15, 0.2) is 53.7 Å². The van der Waals surface area contributed by atoms with Gasteiger partial charge in [0.2, 0.25) is 5.95 Å². The molecule has 6 nitrogen and oxygen atoms in total. The number of anilines is 3. The Hall–Kier alpha value is -3.25. The molecule has 3 aromatic rings. The number of nitrogens with zero attached hydrogens (tertiary/aromatic N) is 5. The Balaban J connectivity index is 1.36. The molecule has 1 aromatic heterocycles. The van der Waals surface area contributed by atoms with E-state index in [2.05, 4.69) is 96.1 Å². The highest BCUT2D eigenvalue weighted by Gasteiger charge is 2.26. The lowest BCUT2D eigenvalue weighted by molar-refractivity contribution is 0.209. The average Bonchev–Trinajstić information content (AvgIpc) is 2.85. The molecule has 0 unspecified atom stereocenters. The molecule has 35 heavy (non-hydrogen) atoms. The summed E-state index contributed by atoms with van der Waals surface area (Å²) in [7, 11) is 0. The second-order valence-electron chi connectivity index (χ2n) is 10.7. The standard InChI is InChI=1S/C29H36N6/c1-20(2)34-12-14-35(15-13-34)27-17-24(9-6-21(27)3)32-28-31-11-10-26(33-28)22-7-8-23-18-30-19-29(4,5)25(23)16-22/h6-11,16-18,20H,12-15,19H2,1-5H3,(H,31,32,33). The first-order valence-electron chi connectivity index (χ1n) is 12.6. The first kappa shape index (κ1) is 23.5. The Morgan fingerprint density at radius 2 is 1.77 bits per heavy atom. The molecule has 2 aliphatic rings. The van der Waals surface area contributed by atoms with Crippen LogP contribution in [0.2, 0.25) is 0 Å². The number of aryl methyl sites for hydroxylation is 1. The maximum absolute atomic E-state index is 4.85. The van der Waals surface area contributed by atoms with E-state index in [-0.39, 0.29) is 5.41 Å². The van der Waals surface area contributed by atoms with Crippen molar-refractivity contribution < 1.29 is 0 Å². The zero-order valence-corrected chi connectivity index (χ0v) is 21.5. The van der Waals surface area contributed by atoms with Crippen LogP contribution in [-0.2, 0) is 5.41 Å². The molecule has 1 N–H and O–H groups in total. The van der Waals surface area contributed by atoms with E-state index in [1.54, 1.807) is 0 Å². The van der Waals surface area contributed by atoms with Crippen LogP contribution in [0.4, 0.5) is 17.3 Å². The summed E-state index contributed by atoms with van der Waals surface area (Å²) in [6.45, 7) is 16.3. The summed E-state index contributed by atoms with van der Waals surface area (Å²) in [5.74, 6) is 0.612. The number of nitrogens with one attached hydrogen (secondary N) is 1. The minimum atomic E-state index is 0.0210. The molecule has 0 spiro atoms. The largest absolute Gasteiger partial charge is 0.369 e. The number of aromatic nitrogens is 2. The van der Waals surface area contributed by atoms with E-state index < -0.39 is 0 Å². The lowest BCUT2D eigenvalue weighted by Gasteiger charge is -2.38. The van der Waals surface area contributed by atoms with Crippen molar-refractivity contribution in [1.29, 1.82) is 0 Å². The van der Waals surface area contributed by atoms with E-state index in [4.69, 9.17) is 4.98 Å². The monoisotopic (exact) mass is 468 g/mol. The molecule has 0 aliphatic carbocycles. The van der Waals surface area contributed by atoms with Gasteiger partial charge in [-0.25, -0.2) is 9.97 Å². The Bertz CT molecular complexity index is 1240. The minimum Gasteiger partial charge on any atom is -0.369 e. The number of benzene rings is 2. The molecule has 0 radical (unpaired) electrons. The fraction of sp³-hybridized carbons (Fsp3) is 0.414. The van der Waals surface area contributed by atoms with Crippen molar-refractivity contribution in [3.05, 3.63) is 65.4 Å². The fourth-order valence-corrected chi connectivity index (χ4v) is 5.09. The first-order chi connectivity index (χ1) is 16.8. The van der Waals surface area contributed by atoms with Crippen LogP contribution in [-0.4, -0.2) is 59.8 Å². The summed E-state index contributed by atoms with van der Waals surface area (Å²) in [5, 5.41) is 3.45. The van der Waals surface area contributed by atoms with E-state index in [0.717, 1.165) is 49.7 Å². The molecule has 0 atom stereocenters. The van der Waals surface area contributed by atoms with Crippen LogP contribution in [0.3, 0.4) is 0 Å². The summed E-state index contributed by atoms with van der Waals surface area (Å²) >= 11 is 0. The maximum Gasteiger partial charge on any atom is 0.227 e. The van der Waals surface area contributed by atoms with Gasteiger partial charge in [0.25, 0.3) is 0 Å². The zero-order valence-electron chi connectivity index (χ0n) is 21.5. The van der Waals surface area contributed by atoms with E-state index in [1.807, 2.05) is 18.5 Å². The number of fused-ring (bicyclic) bond motifs is 1. The Morgan fingerprint density at radius 3 is 2.54 bits per heavy atom. The van der Waals surface area contributed by atoms with Gasteiger partial charge in [0, 0.05) is 73.5 Å². The Kier molecular flexibility index (Phi) is 6.32. The third-order valence-electron chi connectivity index (χ3n) is 7.30. The summed E-state index contributed by atoms with van der Waals surface area (Å²) in [4.78, 5) is 18.9. The molecule has 1 saturated heterocycles. The molecule has 2 aromatic carbocycles. The lowest BCUT2D eigenvalue weighted by atomic mass is 9.79. The molecule has 182 valence electrons. The highest BCUT2D eigenvalue weighted by molar-refractivity contribution is 5.85. The van der Waals surface area contributed by atoms with Crippen molar-refractivity contribution in [3.8, 4) is 11.3 Å². The summed E-state index contributed by atoms with van der Waals surface area (Å²) < 4.78 is 0. The van der Waals surface area contributed by atoms with Crippen molar-refractivity contribution in [2.24, 2.45) is 4.99 Å². The quantitative estimate of drug-likeness (QED) is 0.541. The van der Waals surface area contributed by atoms with Crippen molar-refractivity contribution in [2.75, 3.05) is 42.9 Å². The summed E-state index contributed by atoms with van der Waals surface area (Å²) in [5.41, 5.74) is 8.14. The fourth-order valence-electron chi connectivity index (χ4n) is 5.09. The average molecular weight is 469 g/mol. The van der Waals surface area contributed by atoms with Gasteiger partial charge in [-0.3, -0.25) is 9.89 Å². The molecule has 1 fully saturated rings. The second kappa shape index (κ2) is 9.42. The predicted octanol–water partition coefficient (Wildman–Crippen LogP) is 5.44. The van der Waals surface area contributed by atoms with E-state index >= 15 is 0 Å². The van der Waals surface area contributed by atoms with Gasteiger partial charge in [0.15, 0.2) is 0 Å². The normalized spacial score (nSPS) is 17.5. The third-order valence-corrected chi connectivity index (χ3v) is 7.30. The van der Waals surface area contributed by atoms with Crippen molar-refractivity contribution in [2.45, 2.75) is 46.1 Å². The first-order valence-corrected chi connectivity index (χ1v) is 12.6. The lowest BCUT2D eigenvalue weighted by Crippen LogP contribution is -2.49. The van der Waals surface area contributed by atoms with Crippen molar-refractivity contribution >= 4 is 23.5 Å². The highest BCUT2D eigenvalue weighted by Crippen LogP contribution is 2.33. The smallest absolute Gasteiger partial charge is 0.227 e. The van der Waals surface area contributed by atoms with Gasteiger partial charge in [-0.05, 0) is 61.7 Å². The Labute approximate surface area is 209 Å². The second-order valence-corrected chi connectivity index (χ2v) is 10.7. The summed E-state index contributed by atoms with van der Waals surface area (Å²) in [6.07, 6.45) is 3.81. The third kappa shape index (κ3) is 4.94. The maximum atomic E-state index is 4.85. The highest BCUT2D eigenvalue weighted by atomic mass is 15.3. The van der Waals surface area contributed by atoms with Crippen LogP contribution >= 0.6 is 0 Å². The van der Waals surface area contributed by atoms with Crippen LogP contribution in [0.1, 0.15) is 44.4 Å². The van der Waals surface area contributed by atoms with Crippen LogP contribution in [0.25, 0.3) is 11.3 Å². The van der Waals surface area contributed by atoms with Gasteiger partial charge in [0.1, 0.15) is 0 Å². The van der Waals surface area contributed by atoms with Gasteiger partial charge in [-0.2, -0.15) is 0 Å². The van der Waals surface area contributed by atoms with Crippen molar-refractivity contribution in [1.82, 2.24) is 14.9 Å². The number of rotatable bonds is 5. The van der Waals surface area contributed by atoms with Gasteiger partial charge in [-0.1, -0.05) is 32.0 Å². The number of aliphatic imine (C=N–C) groups is 1. The zero-order chi connectivity index (χ0) is 24.6. The SMILES string of the molecule is Cc1ccc(Nc2nccc(-c3ccc4c(c3)C(C)(C)CN=C4)n2)cc1N1CCN(C(C)C)CC1. The van der Waals surface area contributed by atoms with Gasteiger partial charge in [-0.15, -0.1) is 0 Å². The molecule has 5 rings (SSSR count). The van der Waals surface area contributed by atoms with Crippen molar-refractivity contribution in [3.63, 3.8) is 0 Å². The van der Waals surface area contributed by atoms with Crippen LogP contribution in [0, 0.1) is 6.92 Å². The van der Waals surface area contributed by atoms with E-state index in [0.29, 0.717) is 12.0 Å². The predicted molar refractivity (Wildman–Crippen MR) is 146 cm³/mol. The minimum absolute atomic E-state index is 0.0210. The molecular formula is C29H36N6. The number of hydrogen-bond donors (Lipinski definition) is 1. The molecule has 0 amide bonds. The van der Waals surface area contributed by atoms with Crippen LogP contribution in [0.5, 0.6) is 0 Å². The Morgan fingerprint density at radius 1 is 0.971 bits per heavy atom. The summed E-state index contributed by atoms with van der Waals surface area (Å²) in [6, 6.07) is 15.6. The van der Waals surface area contributed by atoms with Gasteiger partial charge in [0.05, 0.1) is 5.69 Å². The molecular weight excluding hydrogens is 432 g/mol. The molecule has 3 heterocycles. The van der Waals surface area contributed by atoms with Crippen LogP contribution < -0.4 is 10.2 Å². The number of piperazine rings is 1. The van der Waals surface area contributed by atoms with E-state index in [9.17, 15) is 0 Å². The molecule has 2 aliphatic heterocycles. The molecule has 0 bridgehead atoms. The topological polar surface area (TPSA) is 56.7 Å². The molecule has 6 heteroatoms. The van der Waals surface area contributed by atoms with E-state index in [1.165, 1.54) is 22.4 Å².